The molecule has 3 rings (SSSR count). The van der Waals surface area contributed by atoms with E-state index in [0.29, 0.717) is 48.6 Å². The molecule has 0 bridgehead atoms. The van der Waals surface area contributed by atoms with Gasteiger partial charge in [-0.25, -0.2) is 4.39 Å². The number of likely N-dealkylation sites (N-methyl/N-ethyl adjacent to an activating group) is 2. The molecule has 2 aromatic rings. The monoisotopic (exact) mass is 498 g/mol. The van der Waals surface area contributed by atoms with Gasteiger partial charge in [0.1, 0.15) is 18.4 Å². The fraction of sp³-hybridized carbons (Fsp3) is 0.444. The van der Waals surface area contributed by atoms with Gasteiger partial charge in [0.15, 0.2) is 0 Å². The van der Waals surface area contributed by atoms with Crippen molar-refractivity contribution in [2.75, 3.05) is 45.7 Å². The molecular formula is C27H35FN4O4. The van der Waals surface area contributed by atoms with Gasteiger partial charge in [0.2, 0.25) is 5.91 Å². The van der Waals surface area contributed by atoms with Gasteiger partial charge in [-0.05, 0) is 42.8 Å². The van der Waals surface area contributed by atoms with Gasteiger partial charge in [0.25, 0.3) is 0 Å². The molecule has 2 aromatic carbocycles. The first-order valence-corrected chi connectivity index (χ1v) is 12.2. The van der Waals surface area contributed by atoms with E-state index in [1.165, 1.54) is 6.07 Å². The lowest BCUT2D eigenvalue weighted by Gasteiger charge is -2.28. The Morgan fingerprint density at radius 1 is 1.22 bits per heavy atom. The van der Waals surface area contributed by atoms with Crippen LogP contribution in [0.1, 0.15) is 39.9 Å². The Labute approximate surface area is 211 Å². The normalized spacial score (nSPS) is 14.9. The molecule has 0 spiro atoms. The highest BCUT2D eigenvalue weighted by Gasteiger charge is 2.23. The number of nitrogens with zero attached hydrogens (tertiary/aromatic N) is 2. The highest BCUT2D eigenvalue weighted by Crippen LogP contribution is 2.24. The number of carbonyl (C=O) groups excluding carboxylic acids is 3. The van der Waals surface area contributed by atoms with Crippen LogP contribution in [0.4, 0.5) is 10.1 Å². The third-order valence-corrected chi connectivity index (χ3v) is 6.48. The standard InChI is InChI=1S/C27H35FN4O4/c1-29-27(35)26(7-4-12-33)31(2)18-23-21(19-34)5-3-6-25(23)30-16-22-15-20(8-9-24(22)28)17-32-10-13-36-14-11-32/h3,5-6,8-9,12,15,19,26,30H,4,7,10-11,13-14,16-18H2,1-2H3,(H,29,35). The van der Waals surface area contributed by atoms with Crippen LogP contribution in [0.2, 0.25) is 0 Å². The van der Waals surface area contributed by atoms with Gasteiger partial charge in [-0.2, -0.15) is 0 Å². The van der Waals surface area contributed by atoms with Crippen molar-refractivity contribution in [1.82, 2.24) is 15.1 Å². The van der Waals surface area contributed by atoms with E-state index in [9.17, 15) is 18.8 Å². The molecule has 2 N–H and O–H groups in total. The summed E-state index contributed by atoms with van der Waals surface area (Å²) in [7, 11) is 3.34. The molecule has 1 heterocycles. The van der Waals surface area contributed by atoms with E-state index in [1.54, 1.807) is 32.3 Å². The number of hydrogen-bond donors (Lipinski definition) is 2. The summed E-state index contributed by atoms with van der Waals surface area (Å²) < 4.78 is 20.0. The molecule has 0 aromatic heterocycles. The molecule has 8 nitrogen and oxygen atoms in total. The van der Waals surface area contributed by atoms with Crippen LogP contribution >= 0.6 is 0 Å². The average molecular weight is 499 g/mol. The molecular weight excluding hydrogens is 463 g/mol. The second kappa shape index (κ2) is 13.8. The van der Waals surface area contributed by atoms with Gasteiger partial charge < -0.3 is 20.2 Å². The molecule has 1 aliphatic heterocycles. The van der Waals surface area contributed by atoms with Gasteiger partial charge in [0, 0.05) is 63.0 Å². The molecule has 0 aliphatic carbocycles. The van der Waals surface area contributed by atoms with E-state index in [1.807, 2.05) is 17.0 Å². The quantitative estimate of drug-likeness (QED) is 0.410. The lowest BCUT2D eigenvalue weighted by Crippen LogP contribution is -2.43. The molecule has 1 aliphatic rings. The van der Waals surface area contributed by atoms with Crippen LogP contribution in [0.5, 0.6) is 0 Å². The van der Waals surface area contributed by atoms with Crippen molar-refractivity contribution in [3.8, 4) is 0 Å². The van der Waals surface area contributed by atoms with Crippen molar-refractivity contribution in [1.29, 1.82) is 0 Å². The summed E-state index contributed by atoms with van der Waals surface area (Å²) in [5.41, 5.74) is 3.45. The fourth-order valence-corrected chi connectivity index (χ4v) is 4.43. The number of ether oxygens (including phenoxy) is 1. The number of halogens is 1. The topological polar surface area (TPSA) is 91.0 Å². The van der Waals surface area contributed by atoms with Crippen LogP contribution in [0.25, 0.3) is 0 Å². The zero-order chi connectivity index (χ0) is 25.9. The largest absolute Gasteiger partial charge is 0.381 e. The highest BCUT2D eigenvalue weighted by molar-refractivity contribution is 5.82. The van der Waals surface area contributed by atoms with E-state index < -0.39 is 6.04 Å². The number of rotatable bonds is 13. The van der Waals surface area contributed by atoms with Crippen molar-refractivity contribution in [2.45, 2.75) is 38.5 Å². The van der Waals surface area contributed by atoms with Gasteiger partial charge in [-0.15, -0.1) is 0 Å². The first kappa shape index (κ1) is 27.4. The molecule has 1 atom stereocenters. The average Bonchev–Trinajstić information content (AvgIpc) is 2.90. The summed E-state index contributed by atoms with van der Waals surface area (Å²) in [5.74, 6) is -0.497. The summed E-state index contributed by atoms with van der Waals surface area (Å²) in [4.78, 5) is 39.2. The minimum atomic E-state index is -0.526. The van der Waals surface area contributed by atoms with E-state index in [4.69, 9.17) is 4.74 Å². The SMILES string of the molecule is CNC(=O)C(CCC=O)N(C)Cc1c(C=O)cccc1NCc1cc(CN2CCOCC2)ccc1F. The van der Waals surface area contributed by atoms with Crippen molar-refractivity contribution in [2.24, 2.45) is 0 Å². The number of morpholine rings is 1. The maximum atomic E-state index is 14.6. The number of amides is 1. The molecule has 194 valence electrons. The number of aldehydes is 2. The number of hydrogen-bond acceptors (Lipinski definition) is 7. The summed E-state index contributed by atoms with van der Waals surface area (Å²) in [6.07, 6.45) is 2.19. The van der Waals surface area contributed by atoms with Gasteiger partial charge in [-0.1, -0.05) is 18.2 Å². The van der Waals surface area contributed by atoms with Crippen LogP contribution in [-0.2, 0) is 34.0 Å². The van der Waals surface area contributed by atoms with Crippen LogP contribution in [0.15, 0.2) is 36.4 Å². The molecule has 0 saturated carbocycles. The van der Waals surface area contributed by atoms with Crippen molar-refractivity contribution in [3.05, 3.63) is 64.5 Å². The first-order valence-electron chi connectivity index (χ1n) is 12.2. The Morgan fingerprint density at radius 3 is 2.69 bits per heavy atom. The van der Waals surface area contributed by atoms with Crippen LogP contribution in [0.3, 0.4) is 0 Å². The fourth-order valence-electron chi connectivity index (χ4n) is 4.43. The van der Waals surface area contributed by atoms with Gasteiger partial charge in [-0.3, -0.25) is 19.4 Å². The van der Waals surface area contributed by atoms with Crippen LogP contribution in [0, 0.1) is 5.82 Å². The van der Waals surface area contributed by atoms with Crippen molar-refractivity contribution < 1.29 is 23.5 Å². The predicted molar refractivity (Wildman–Crippen MR) is 136 cm³/mol. The lowest BCUT2D eigenvalue weighted by molar-refractivity contribution is -0.126. The maximum Gasteiger partial charge on any atom is 0.237 e. The lowest BCUT2D eigenvalue weighted by atomic mass is 10.0. The number of carbonyl (C=O) groups is 3. The second-order valence-electron chi connectivity index (χ2n) is 8.95. The molecule has 1 fully saturated rings. The highest BCUT2D eigenvalue weighted by atomic mass is 19.1. The van der Waals surface area contributed by atoms with Gasteiger partial charge >= 0.3 is 0 Å². The van der Waals surface area contributed by atoms with Gasteiger partial charge in [0.05, 0.1) is 19.3 Å². The van der Waals surface area contributed by atoms with E-state index in [2.05, 4.69) is 15.5 Å². The van der Waals surface area contributed by atoms with Crippen LogP contribution in [-0.4, -0.2) is 74.7 Å². The smallest absolute Gasteiger partial charge is 0.237 e. The number of anilines is 1. The summed E-state index contributed by atoms with van der Waals surface area (Å²) >= 11 is 0. The maximum absolute atomic E-state index is 14.6. The third-order valence-electron chi connectivity index (χ3n) is 6.48. The Bertz CT molecular complexity index is 1040. The zero-order valence-electron chi connectivity index (χ0n) is 21.0. The second-order valence-corrected chi connectivity index (χ2v) is 8.95. The molecule has 36 heavy (non-hydrogen) atoms. The summed E-state index contributed by atoms with van der Waals surface area (Å²) in [6.45, 7) is 4.38. The van der Waals surface area contributed by atoms with Crippen LogP contribution < -0.4 is 10.6 Å². The molecule has 0 radical (unpaired) electrons. The van der Waals surface area contributed by atoms with E-state index in [0.717, 1.165) is 37.8 Å². The molecule has 1 unspecified atom stereocenters. The Hall–Kier alpha value is -3.14. The molecule has 1 amide bonds. The Morgan fingerprint density at radius 2 is 2.00 bits per heavy atom. The van der Waals surface area contributed by atoms with Crippen molar-refractivity contribution >= 4 is 24.2 Å². The Kier molecular flexibility index (Phi) is 10.5. The minimum Gasteiger partial charge on any atom is -0.381 e. The third kappa shape index (κ3) is 7.43. The Balaban J connectivity index is 1.77. The summed E-state index contributed by atoms with van der Waals surface area (Å²) in [5, 5.41) is 5.93. The molecule has 9 heteroatoms. The number of benzene rings is 2. The minimum absolute atomic E-state index is 0.198. The molecule has 1 saturated heterocycles. The van der Waals surface area contributed by atoms with E-state index >= 15 is 0 Å². The zero-order valence-corrected chi connectivity index (χ0v) is 21.0. The van der Waals surface area contributed by atoms with E-state index in [-0.39, 0.29) is 24.7 Å². The summed E-state index contributed by atoms with van der Waals surface area (Å²) in [6, 6.07) is 9.96. The predicted octanol–water partition coefficient (Wildman–Crippen LogP) is 2.61. The van der Waals surface area contributed by atoms with Crippen molar-refractivity contribution in [3.63, 3.8) is 0 Å². The number of nitrogens with one attached hydrogen (secondary N) is 2. The first-order chi connectivity index (χ1) is 17.5.